The predicted molar refractivity (Wildman–Crippen MR) is 88.4 cm³/mol. The van der Waals surface area contributed by atoms with Crippen molar-refractivity contribution in [3.63, 3.8) is 0 Å². The average molecular weight is 368 g/mol. The van der Waals surface area contributed by atoms with Crippen LogP contribution in [0.15, 0.2) is 47.4 Å². The van der Waals surface area contributed by atoms with Crippen molar-refractivity contribution in [2.24, 2.45) is 0 Å². The molecule has 0 heterocycles. The van der Waals surface area contributed by atoms with Crippen LogP contribution in [0.3, 0.4) is 0 Å². The standard InChI is InChI=1S/C14H13FN4O5S/c1-16-25(23,24)13-8-10(4-7-12(13)15)18-14(20)17-9-2-5-11(6-3-9)19(21)22/h2-8,16H,1H3,(H2,17,18,20). The number of nitro benzene ring substituents is 1. The fourth-order valence-corrected chi connectivity index (χ4v) is 2.68. The lowest BCUT2D eigenvalue weighted by atomic mass is 10.3. The van der Waals surface area contributed by atoms with Gasteiger partial charge in [-0.25, -0.2) is 22.3 Å². The molecule has 11 heteroatoms. The number of nitro groups is 1. The number of nitrogens with one attached hydrogen (secondary N) is 3. The molecule has 2 amide bonds. The van der Waals surface area contributed by atoms with Gasteiger partial charge in [0.1, 0.15) is 10.7 Å². The molecule has 0 spiro atoms. The second-order valence-corrected chi connectivity index (χ2v) is 6.59. The molecular formula is C14H13FN4O5S. The average Bonchev–Trinajstić information content (AvgIpc) is 2.57. The van der Waals surface area contributed by atoms with Crippen LogP contribution in [0.25, 0.3) is 0 Å². The van der Waals surface area contributed by atoms with Gasteiger partial charge in [-0.1, -0.05) is 0 Å². The van der Waals surface area contributed by atoms with Crippen LogP contribution in [0.5, 0.6) is 0 Å². The van der Waals surface area contributed by atoms with Gasteiger partial charge in [0, 0.05) is 23.5 Å². The smallest absolute Gasteiger partial charge is 0.308 e. The van der Waals surface area contributed by atoms with E-state index in [2.05, 4.69) is 10.6 Å². The maximum absolute atomic E-state index is 13.6. The van der Waals surface area contributed by atoms with Gasteiger partial charge < -0.3 is 10.6 Å². The fourth-order valence-electron chi connectivity index (χ4n) is 1.86. The molecule has 2 aromatic carbocycles. The van der Waals surface area contributed by atoms with E-state index < -0.39 is 31.7 Å². The van der Waals surface area contributed by atoms with Crippen LogP contribution in [0, 0.1) is 15.9 Å². The van der Waals surface area contributed by atoms with E-state index in [1.165, 1.54) is 30.3 Å². The zero-order chi connectivity index (χ0) is 18.6. The molecule has 0 aromatic heterocycles. The summed E-state index contributed by atoms with van der Waals surface area (Å²) in [7, 11) is -2.88. The summed E-state index contributed by atoms with van der Waals surface area (Å²) in [5.41, 5.74) is 0.203. The van der Waals surface area contributed by atoms with Crippen molar-refractivity contribution in [3.05, 3.63) is 58.4 Å². The number of benzene rings is 2. The number of carbonyl (C=O) groups excluding carboxylic acids is 1. The van der Waals surface area contributed by atoms with E-state index in [0.717, 1.165) is 19.2 Å². The SMILES string of the molecule is CNS(=O)(=O)c1cc(NC(=O)Nc2ccc([N+](=O)[O-])cc2)ccc1F. The topological polar surface area (TPSA) is 130 Å². The molecule has 9 nitrogen and oxygen atoms in total. The number of carbonyl (C=O) groups is 1. The van der Waals surface area contributed by atoms with Gasteiger partial charge in [-0.2, -0.15) is 0 Å². The first-order valence-corrected chi connectivity index (χ1v) is 8.27. The lowest BCUT2D eigenvalue weighted by molar-refractivity contribution is -0.384. The quantitative estimate of drug-likeness (QED) is 0.550. The molecular weight excluding hydrogens is 355 g/mol. The number of anilines is 2. The number of hydrogen-bond donors (Lipinski definition) is 3. The van der Waals surface area contributed by atoms with Crippen LogP contribution in [-0.4, -0.2) is 26.4 Å². The Balaban J connectivity index is 2.13. The lowest BCUT2D eigenvalue weighted by Gasteiger charge is -2.10. The van der Waals surface area contributed by atoms with Crippen LogP contribution in [-0.2, 0) is 10.0 Å². The summed E-state index contributed by atoms with van der Waals surface area (Å²) in [5, 5.41) is 15.3. The molecule has 2 aromatic rings. The molecule has 25 heavy (non-hydrogen) atoms. The van der Waals surface area contributed by atoms with Crippen LogP contribution in [0.4, 0.5) is 26.2 Å². The number of nitrogens with zero attached hydrogens (tertiary/aromatic N) is 1. The van der Waals surface area contributed by atoms with Crippen molar-refractivity contribution >= 4 is 33.1 Å². The molecule has 132 valence electrons. The third-order valence-electron chi connectivity index (χ3n) is 3.08. The van der Waals surface area contributed by atoms with Gasteiger partial charge in [0.15, 0.2) is 0 Å². The van der Waals surface area contributed by atoms with E-state index >= 15 is 0 Å². The van der Waals surface area contributed by atoms with Crippen LogP contribution in [0.2, 0.25) is 0 Å². The number of sulfonamides is 1. The van der Waals surface area contributed by atoms with Gasteiger partial charge in [-0.3, -0.25) is 10.1 Å². The summed E-state index contributed by atoms with van der Waals surface area (Å²) < 4.78 is 39.0. The van der Waals surface area contributed by atoms with E-state index in [-0.39, 0.29) is 17.1 Å². The Kier molecular flexibility index (Phi) is 5.29. The summed E-state index contributed by atoms with van der Waals surface area (Å²) in [5.74, 6) is -0.962. The van der Waals surface area contributed by atoms with Gasteiger partial charge >= 0.3 is 6.03 Å². The highest BCUT2D eigenvalue weighted by Gasteiger charge is 2.18. The molecule has 0 fully saturated rings. The molecule has 0 unspecified atom stereocenters. The van der Waals surface area contributed by atoms with Gasteiger partial charge in [0.25, 0.3) is 5.69 Å². The largest absolute Gasteiger partial charge is 0.323 e. The van der Waals surface area contributed by atoms with Crippen LogP contribution < -0.4 is 15.4 Å². The summed E-state index contributed by atoms with van der Waals surface area (Å²) >= 11 is 0. The summed E-state index contributed by atoms with van der Waals surface area (Å²) in [6.45, 7) is 0. The normalized spacial score (nSPS) is 11.0. The molecule has 0 saturated carbocycles. The fraction of sp³-hybridized carbons (Fsp3) is 0.0714. The molecule has 0 aliphatic carbocycles. The Morgan fingerprint density at radius 3 is 2.20 bits per heavy atom. The van der Waals surface area contributed by atoms with E-state index in [0.29, 0.717) is 0 Å². The number of halogens is 1. The van der Waals surface area contributed by atoms with Crippen LogP contribution in [0.1, 0.15) is 0 Å². The first kappa shape index (κ1) is 18.3. The van der Waals surface area contributed by atoms with Crippen LogP contribution >= 0.6 is 0 Å². The monoisotopic (exact) mass is 368 g/mol. The predicted octanol–water partition coefficient (Wildman–Crippen LogP) is 2.29. The third-order valence-corrected chi connectivity index (χ3v) is 4.51. The molecule has 0 aliphatic rings. The Morgan fingerprint density at radius 1 is 1.08 bits per heavy atom. The Hall–Kier alpha value is -3.05. The Bertz CT molecular complexity index is 915. The summed E-state index contributed by atoms with van der Waals surface area (Å²) in [4.78, 5) is 21.3. The summed E-state index contributed by atoms with van der Waals surface area (Å²) in [6.07, 6.45) is 0. The maximum atomic E-state index is 13.6. The Morgan fingerprint density at radius 2 is 1.64 bits per heavy atom. The molecule has 0 saturated heterocycles. The Labute approximate surface area is 142 Å². The van der Waals surface area contributed by atoms with E-state index in [1.54, 1.807) is 0 Å². The summed E-state index contributed by atoms with van der Waals surface area (Å²) in [6, 6.07) is 7.43. The second-order valence-electron chi connectivity index (χ2n) is 4.74. The van der Waals surface area contributed by atoms with Gasteiger partial charge in [0.2, 0.25) is 10.0 Å². The molecule has 3 N–H and O–H groups in total. The van der Waals surface area contributed by atoms with Crippen molar-refractivity contribution < 1.29 is 22.5 Å². The van der Waals surface area contributed by atoms with Crippen molar-refractivity contribution in [2.75, 3.05) is 17.7 Å². The second kappa shape index (κ2) is 7.23. The first-order valence-electron chi connectivity index (χ1n) is 6.78. The van der Waals surface area contributed by atoms with Crippen molar-refractivity contribution in [2.45, 2.75) is 4.90 Å². The van der Waals surface area contributed by atoms with Gasteiger partial charge in [0.05, 0.1) is 4.92 Å². The molecule has 2 rings (SSSR count). The highest BCUT2D eigenvalue weighted by Crippen LogP contribution is 2.20. The highest BCUT2D eigenvalue weighted by molar-refractivity contribution is 7.89. The number of hydrogen-bond acceptors (Lipinski definition) is 5. The zero-order valence-corrected chi connectivity index (χ0v) is 13.6. The number of urea groups is 1. The van der Waals surface area contributed by atoms with Gasteiger partial charge in [-0.15, -0.1) is 0 Å². The van der Waals surface area contributed by atoms with Crippen molar-refractivity contribution in [3.8, 4) is 0 Å². The third kappa shape index (κ3) is 4.49. The molecule has 0 radical (unpaired) electrons. The molecule has 0 bridgehead atoms. The number of amides is 2. The van der Waals surface area contributed by atoms with E-state index in [4.69, 9.17) is 0 Å². The minimum atomic E-state index is -4.02. The van der Waals surface area contributed by atoms with Crippen molar-refractivity contribution in [1.29, 1.82) is 0 Å². The van der Waals surface area contributed by atoms with Gasteiger partial charge in [-0.05, 0) is 37.4 Å². The number of rotatable bonds is 5. The van der Waals surface area contributed by atoms with E-state index in [1.807, 2.05) is 4.72 Å². The molecule has 0 aliphatic heterocycles. The van der Waals surface area contributed by atoms with E-state index in [9.17, 15) is 27.7 Å². The lowest BCUT2D eigenvalue weighted by Crippen LogP contribution is -2.22. The zero-order valence-electron chi connectivity index (χ0n) is 12.8. The first-order chi connectivity index (χ1) is 11.7. The molecule has 0 atom stereocenters. The number of non-ortho nitro benzene ring substituents is 1. The van der Waals surface area contributed by atoms with Crippen molar-refractivity contribution in [1.82, 2.24) is 4.72 Å². The maximum Gasteiger partial charge on any atom is 0.323 e. The minimum Gasteiger partial charge on any atom is -0.308 e. The highest BCUT2D eigenvalue weighted by atomic mass is 32.2. The minimum absolute atomic E-state index is 0.0506.